The van der Waals surface area contributed by atoms with Crippen molar-refractivity contribution >= 4 is 0 Å². The van der Waals surface area contributed by atoms with Crippen LogP contribution < -0.4 is 0 Å². The molecule has 1 aromatic heterocycles. The Hall–Kier alpha value is -0.890. The predicted octanol–water partition coefficient (Wildman–Crippen LogP) is 1.70. The van der Waals surface area contributed by atoms with Crippen LogP contribution in [0.2, 0.25) is 0 Å². The number of aliphatic hydroxyl groups excluding tert-OH is 1. The Balaban J connectivity index is 2.57. The summed E-state index contributed by atoms with van der Waals surface area (Å²) < 4.78 is 0. The normalized spacial score (nSPS) is 12.9. The maximum atomic E-state index is 9.09. The molecular formula is C10H15NO. The van der Waals surface area contributed by atoms with Crippen molar-refractivity contribution in [3.63, 3.8) is 0 Å². The summed E-state index contributed by atoms with van der Waals surface area (Å²) in [7, 11) is 0. The van der Waals surface area contributed by atoms with Crippen molar-refractivity contribution in [2.45, 2.75) is 32.8 Å². The number of nitrogens with zero attached hydrogens (tertiary/aromatic N) is 1. The Bertz CT molecular complexity index is 245. The lowest BCUT2D eigenvalue weighted by Gasteiger charge is -2.05. The first kappa shape index (κ1) is 9.20. The van der Waals surface area contributed by atoms with E-state index in [1.807, 2.05) is 26.1 Å². The number of rotatable bonds is 3. The van der Waals surface area contributed by atoms with Crippen LogP contribution in [0.3, 0.4) is 0 Å². The molecule has 0 aliphatic rings. The third-order valence-electron chi connectivity index (χ3n) is 1.97. The van der Waals surface area contributed by atoms with Gasteiger partial charge in [-0.25, -0.2) is 0 Å². The first-order chi connectivity index (χ1) is 5.70. The van der Waals surface area contributed by atoms with Crippen LogP contribution in [0.25, 0.3) is 0 Å². The zero-order valence-electron chi connectivity index (χ0n) is 7.62. The Kier molecular flexibility index (Phi) is 3.23. The van der Waals surface area contributed by atoms with Gasteiger partial charge in [0, 0.05) is 12.4 Å². The fraction of sp³-hybridized carbons (Fsp3) is 0.500. The lowest BCUT2D eigenvalue weighted by Crippen LogP contribution is -2.02. The molecule has 1 heterocycles. The molecule has 1 atom stereocenters. The predicted molar refractivity (Wildman–Crippen MR) is 49.0 cm³/mol. The second-order valence-corrected chi connectivity index (χ2v) is 3.19. The van der Waals surface area contributed by atoms with Gasteiger partial charge in [-0.15, -0.1) is 0 Å². The number of pyridine rings is 1. The second-order valence-electron chi connectivity index (χ2n) is 3.19. The average molecular weight is 165 g/mol. The van der Waals surface area contributed by atoms with Crippen LogP contribution in [0, 0.1) is 6.92 Å². The van der Waals surface area contributed by atoms with Crippen LogP contribution in [0.4, 0.5) is 0 Å². The van der Waals surface area contributed by atoms with Gasteiger partial charge in [-0.05, 0) is 43.9 Å². The molecule has 0 saturated carbocycles. The Morgan fingerprint density at radius 2 is 2.33 bits per heavy atom. The second kappa shape index (κ2) is 4.21. The molecule has 0 bridgehead atoms. The highest BCUT2D eigenvalue weighted by Crippen LogP contribution is 2.08. The molecule has 1 aromatic rings. The maximum absolute atomic E-state index is 9.09. The van der Waals surface area contributed by atoms with E-state index in [-0.39, 0.29) is 6.10 Å². The molecule has 1 rings (SSSR count). The van der Waals surface area contributed by atoms with E-state index in [0.717, 1.165) is 12.8 Å². The van der Waals surface area contributed by atoms with E-state index in [1.54, 1.807) is 6.20 Å². The van der Waals surface area contributed by atoms with Crippen molar-refractivity contribution < 1.29 is 5.11 Å². The number of aryl methyl sites for hydroxylation is 2. The molecule has 12 heavy (non-hydrogen) atoms. The van der Waals surface area contributed by atoms with Crippen LogP contribution >= 0.6 is 0 Å². The van der Waals surface area contributed by atoms with Gasteiger partial charge >= 0.3 is 0 Å². The van der Waals surface area contributed by atoms with E-state index in [0.29, 0.717) is 0 Å². The Morgan fingerprint density at radius 1 is 1.58 bits per heavy atom. The van der Waals surface area contributed by atoms with Gasteiger partial charge in [-0.3, -0.25) is 4.98 Å². The fourth-order valence-corrected chi connectivity index (χ4v) is 1.15. The molecule has 1 N–H and O–H groups in total. The first-order valence-electron chi connectivity index (χ1n) is 4.27. The topological polar surface area (TPSA) is 33.1 Å². The smallest absolute Gasteiger partial charge is 0.0515 e. The van der Waals surface area contributed by atoms with E-state index in [2.05, 4.69) is 4.98 Å². The van der Waals surface area contributed by atoms with Crippen molar-refractivity contribution in [3.8, 4) is 0 Å². The molecule has 0 aliphatic heterocycles. The van der Waals surface area contributed by atoms with Crippen LogP contribution in [0.1, 0.15) is 24.5 Å². The molecule has 0 amide bonds. The van der Waals surface area contributed by atoms with Crippen LogP contribution in [-0.4, -0.2) is 16.2 Å². The van der Waals surface area contributed by atoms with Gasteiger partial charge in [0.1, 0.15) is 0 Å². The summed E-state index contributed by atoms with van der Waals surface area (Å²) in [6.45, 7) is 3.86. The van der Waals surface area contributed by atoms with Crippen molar-refractivity contribution in [1.82, 2.24) is 4.98 Å². The van der Waals surface area contributed by atoms with Gasteiger partial charge in [-0.1, -0.05) is 0 Å². The molecule has 0 saturated heterocycles. The third-order valence-corrected chi connectivity index (χ3v) is 1.97. The van der Waals surface area contributed by atoms with Gasteiger partial charge in [-0.2, -0.15) is 0 Å². The largest absolute Gasteiger partial charge is 0.393 e. The Labute approximate surface area is 73.3 Å². The molecule has 0 radical (unpaired) electrons. The number of aliphatic hydroxyl groups is 1. The summed E-state index contributed by atoms with van der Waals surface area (Å²) in [6, 6.07) is 2.01. The lowest BCUT2D eigenvalue weighted by molar-refractivity contribution is 0.185. The minimum absolute atomic E-state index is 0.211. The standard InChI is InChI=1S/C10H15NO/c1-8-7-11-6-5-10(8)4-3-9(2)12/h5-7,9,12H,3-4H2,1-2H3. The maximum Gasteiger partial charge on any atom is 0.0515 e. The van der Waals surface area contributed by atoms with Crippen LogP contribution in [0.15, 0.2) is 18.5 Å². The van der Waals surface area contributed by atoms with E-state index in [1.165, 1.54) is 11.1 Å². The zero-order chi connectivity index (χ0) is 8.97. The summed E-state index contributed by atoms with van der Waals surface area (Å²) in [4.78, 5) is 4.01. The summed E-state index contributed by atoms with van der Waals surface area (Å²) in [5.74, 6) is 0. The quantitative estimate of drug-likeness (QED) is 0.739. The summed E-state index contributed by atoms with van der Waals surface area (Å²) in [5.41, 5.74) is 2.49. The lowest BCUT2D eigenvalue weighted by atomic mass is 10.1. The number of aromatic nitrogens is 1. The van der Waals surface area contributed by atoms with Gasteiger partial charge in [0.2, 0.25) is 0 Å². The molecule has 66 valence electrons. The van der Waals surface area contributed by atoms with Gasteiger partial charge < -0.3 is 5.11 Å². The monoisotopic (exact) mass is 165 g/mol. The molecule has 0 spiro atoms. The number of hydrogen-bond donors (Lipinski definition) is 1. The van der Waals surface area contributed by atoms with Gasteiger partial charge in [0.15, 0.2) is 0 Å². The highest BCUT2D eigenvalue weighted by Gasteiger charge is 1.99. The zero-order valence-corrected chi connectivity index (χ0v) is 7.62. The molecule has 2 nitrogen and oxygen atoms in total. The van der Waals surface area contributed by atoms with E-state index in [9.17, 15) is 0 Å². The highest BCUT2D eigenvalue weighted by molar-refractivity contribution is 5.21. The summed E-state index contributed by atoms with van der Waals surface area (Å²) in [5, 5.41) is 9.09. The molecule has 2 heteroatoms. The van der Waals surface area contributed by atoms with E-state index < -0.39 is 0 Å². The molecule has 0 aromatic carbocycles. The van der Waals surface area contributed by atoms with Gasteiger partial charge in [0.05, 0.1) is 6.10 Å². The fourth-order valence-electron chi connectivity index (χ4n) is 1.15. The first-order valence-corrected chi connectivity index (χ1v) is 4.27. The molecule has 0 aliphatic carbocycles. The van der Waals surface area contributed by atoms with Crippen LogP contribution in [0.5, 0.6) is 0 Å². The van der Waals surface area contributed by atoms with E-state index >= 15 is 0 Å². The van der Waals surface area contributed by atoms with Crippen molar-refractivity contribution in [1.29, 1.82) is 0 Å². The van der Waals surface area contributed by atoms with Crippen molar-refractivity contribution in [2.75, 3.05) is 0 Å². The third kappa shape index (κ3) is 2.62. The van der Waals surface area contributed by atoms with E-state index in [4.69, 9.17) is 5.11 Å². The highest BCUT2D eigenvalue weighted by atomic mass is 16.3. The summed E-state index contributed by atoms with van der Waals surface area (Å²) in [6.07, 6.45) is 5.20. The van der Waals surface area contributed by atoms with Gasteiger partial charge in [0.25, 0.3) is 0 Å². The molecule has 1 unspecified atom stereocenters. The average Bonchev–Trinajstić information content (AvgIpc) is 2.03. The minimum atomic E-state index is -0.211. The Morgan fingerprint density at radius 3 is 2.92 bits per heavy atom. The molecular weight excluding hydrogens is 150 g/mol. The van der Waals surface area contributed by atoms with Crippen molar-refractivity contribution in [2.24, 2.45) is 0 Å². The van der Waals surface area contributed by atoms with Crippen molar-refractivity contribution in [3.05, 3.63) is 29.6 Å². The van der Waals surface area contributed by atoms with Crippen LogP contribution in [-0.2, 0) is 6.42 Å². The minimum Gasteiger partial charge on any atom is -0.393 e. The number of hydrogen-bond acceptors (Lipinski definition) is 2. The summed E-state index contributed by atoms with van der Waals surface area (Å²) >= 11 is 0. The molecule has 0 fully saturated rings. The SMILES string of the molecule is Cc1cnccc1CCC(C)O.